The minimum absolute atomic E-state index is 0.203. The molecule has 1 fully saturated rings. The van der Waals surface area contributed by atoms with Crippen LogP contribution in [0.4, 0.5) is 11.4 Å². The van der Waals surface area contributed by atoms with Crippen molar-refractivity contribution < 1.29 is 9.85 Å². The number of nitro groups is 2. The first kappa shape index (κ1) is 14.4. The summed E-state index contributed by atoms with van der Waals surface area (Å²) < 4.78 is 0. The standard InChI is InChI=1S/C13H17N3O4/c1-9(6-10-2-3-10)14-8-11-4-5-12(15(17)18)7-13(11)16(19)20/h4-5,7,9-10,14H,2-3,6,8H2,1H3. The predicted octanol–water partition coefficient (Wildman–Crippen LogP) is 2.78. The lowest BCUT2D eigenvalue weighted by Crippen LogP contribution is -2.26. The predicted molar refractivity (Wildman–Crippen MR) is 73.4 cm³/mol. The van der Waals surface area contributed by atoms with Crippen LogP contribution in [0.1, 0.15) is 31.7 Å². The Morgan fingerprint density at radius 2 is 2.00 bits per heavy atom. The molecule has 1 saturated carbocycles. The van der Waals surface area contributed by atoms with Gasteiger partial charge < -0.3 is 5.32 Å². The van der Waals surface area contributed by atoms with Gasteiger partial charge in [0.05, 0.1) is 15.9 Å². The molecule has 1 atom stereocenters. The van der Waals surface area contributed by atoms with Crippen LogP contribution in [-0.4, -0.2) is 15.9 Å². The zero-order valence-electron chi connectivity index (χ0n) is 11.2. The molecular formula is C13H17N3O4. The summed E-state index contributed by atoms with van der Waals surface area (Å²) in [5.74, 6) is 0.782. The summed E-state index contributed by atoms with van der Waals surface area (Å²) in [6.45, 7) is 2.40. The van der Waals surface area contributed by atoms with E-state index < -0.39 is 9.85 Å². The first-order valence-electron chi connectivity index (χ1n) is 6.62. The smallest absolute Gasteiger partial charge is 0.280 e. The van der Waals surface area contributed by atoms with Crippen LogP contribution in [0.25, 0.3) is 0 Å². The summed E-state index contributed by atoms with van der Waals surface area (Å²) in [5, 5.41) is 24.9. The van der Waals surface area contributed by atoms with Gasteiger partial charge in [-0.1, -0.05) is 12.8 Å². The Morgan fingerprint density at radius 1 is 1.30 bits per heavy atom. The summed E-state index contributed by atoms with van der Waals surface area (Å²) in [6, 6.07) is 4.06. The quantitative estimate of drug-likeness (QED) is 0.611. The van der Waals surface area contributed by atoms with Gasteiger partial charge in [0.1, 0.15) is 0 Å². The monoisotopic (exact) mass is 279 g/mol. The van der Waals surface area contributed by atoms with Gasteiger partial charge in [0.25, 0.3) is 11.4 Å². The highest BCUT2D eigenvalue weighted by Crippen LogP contribution is 2.33. The second-order valence-corrected chi connectivity index (χ2v) is 5.29. The van der Waals surface area contributed by atoms with Crippen molar-refractivity contribution >= 4 is 11.4 Å². The molecule has 0 radical (unpaired) electrons. The van der Waals surface area contributed by atoms with E-state index in [9.17, 15) is 20.2 Å². The van der Waals surface area contributed by atoms with Crippen LogP contribution in [0.2, 0.25) is 0 Å². The van der Waals surface area contributed by atoms with Crippen LogP contribution in [0, 0.1) is 26.1 Å². The molecule has 1 N–H and O–H groups in total. The third-order valence-electron chi connectivity index (χ3n) is 3.50. The zero-order valence-corrected chi connectivity index (χ0v) is 11.2. The van der Waals surface area contributed by atoms with Crippen molar-refractivity contribution in [3.8, 4) is 0 Å². The summed E-state index contributed by atoms with van der Waals surface area (Å²) in [7, 11) is 0. The largest absolute Gasteiger partial charge is 0.310 e. The molecule has 0 heterocycles. The highest BCUT2D eigenvalue weighted by molar-refractivity contribution is 5.49. The first-order valence-corrected chi connectivity index (χ1v) is 6.62. The molecule has 0 aliphatic heterocycles. The van der Waals surface area contributed by atoms with Crippen molar-refractivity contribution in [2.75, 3.05) is 0 Å². The maximum absolute atomic E-state index is 11.0. The summed E-state index contributed by atoms with van der Waals surface area (Å²) in [4.78, 5) is 20.4. The second-order valence-electron chi connectivity index (χ2n) is 5.29. The fourth-order valence-corrected chi connectivity index (χ4v) is 2.21. The molecule has 1 aromatic carbocycles. The molecule has 1 aromatic rings. The summed E-state index contributed by atoms with van der Waals surface area (Å²) >= 11 is 0. The van der Waals surface area contributed by atoms with E-state index in [0.717, 1.165) is 18.4 Å². The fraction of sp³-hybridized carbons (Fsp3) is 0.538. The summed E-state index contributed by atoms with van der Waals surface area (Å²) in [6.07, 6.45) is 3.61. The van der Waals surface area contributed by atoms with Gasteiger partial charge >= 0.3 is 0 Å². The molecule has 20 heavy (non-hydrogen) atoms. The fourth-order valence-electron chi connectivity index (χ4n) is 2.21. The van der Waals surface area contributed by atoms with E-state index in [-0.39, 0.29) is 17.4 Å². The van der Waals surface area contributed by atoms with Crippen molar-refractivity contribution in [1.82, 2.24) is 5.32 Å². The molecule has 0 saturated heterocycles. The van der Waals surface area contributed by atoms with Crippen LogP contribution in [-0.2, 0) is 6.54 Å². The van der Waals surface area contributed by atoms with Gasteiger partial charge in [-0.25, -0.2) is 0 Å². The number of nitrogens with one attached hydrogen (secondary N) is 1. The molecule has 0 bridgehead atoms. The molecule has 1 aliphatic carbocycles. The van der Waals surface area contributed by atoms with E-state index in [2.05, 4.69) is 12.2 Å². The van der Waals surface area contributed by atoms with Gasteiger partial charge in [-0.05, 0) is 25.3 Å². The van der Waals surface area contributed by atoms with Crippen molar-refractivity contribution in [1.29, 1.82) is 0 Å². The van der Waals surface area contributed by atoms with Gasteiger partial charge in [0.15, 0.2) is 0 Å². The number of benzene rings is 1. The topological polar surface area (TPSA) is 98.3 Å². The SMILES string of the molecule is CC(CC1CC1)NCc1ccc([N+](=O)[O-])cc1[N+](=O)[O-]. The second kappa shape index (κ2) is 5.96. The van der Waals surface area contributed by atoms with E-state index in [4.69, 9.17) is 0 Å². The molecule has 2 rings (SSSR count). The molecule has 0 aromatic heterocycles. The average molecular weight is 279 g/mol. The minimum atomic E-state index is -0.625. The van der Waals surface area contributed by atoms with Crippen molar-refractivity contribution in [3.05, 3.63) is 44.0 Å². The van der Waals surface area contributed by atoms with Crippen molar-refractivity contribution in [3.63, 3.8) is 0 Å². The Labute approximate surface area is 116 Å². The Hall–Kier alpha value is -2.02. The number of rotatable bonds is 7. The first-order chi connectivity index (χ1) is 9.47. The lowest BCUT2D eigenvalue weighted by molar-refractivity contribution is -0.394. The van der Waals surface area contributed by atoms with Crippen molar-refractivity contribution in [2.24, 2.45) is 5.92 Å². The number of hydrogen-bond acceptors (Lipinski definition) is 5. The van der Waals surface area contributed by atoms with E-state index in [0.29, 0.717) is 12.1 Å². The highest BCUT2D eigenvalue weighted by Gasteiger charge is 2.24. The molecule has 1 unspecified atom stereocenters. The van der Waals surface area contributed by atoms with Crippen molar-refractivity contribution in [2.45, 2.75) is 38.8 Å². The van der Waals surface area contributed by atoms with Crippen LogP contribution in [0.5, 0.6) is 0 Å². The van der Waals surface area contributed by atoms with E-state index >= 15 is 0 Å². The maximum Gasteiger partial charge on any atom is 0.280 e. The molecule has 0 spiro atoms. The lowest BCUT2D eigenvalue weighted by Gasteiger charge is -2.13. The molecule has 7 nitrogen and oxygen atoms in total. The molecule has 7 heteroatoms. The number of hydrogen-bond donors (Lipinski definition) is 1. The molecular weight excluding hydrogens is 262 g/mol. The van der Waals surface area contributed by atoms with Crippen LogP contribution >= 0.6 is 0 Å². The lowest BCUT2D eigenvalue weighted by atomic mass is 10.1. The van der Waals surface area contributed by atoms with Gasteiger partial charge in [-0.2, -0.15) is 0 Å². The Balaban J connectivity index is 2.05. The van der Waals surface area contributed by atoms with Crippen LogP contribution in [0.3, 0.4) is 0 Å². The third kappa shape index (κ3) is 3.74. The average Bonchev–Trinajstić information content (AvgIpc) is 3.19. The van der Waals surface area contributed by atoms with E-state index in [1.807, 2.05) is 0 Å². The highest BCUT2D eigenvalue weighted by atomic mass is 16.6. The van der Waals surface area contributed by atoms with Gasteiger partial charge in [-0.15, -0.1) is 0 Å². The van der Waals surface area contributed by atoms with Crippen LogP contribution in [0.15, 0.2) is 18.2 Å². The number of nitro benzene ring substituents is 2. The zero-order chi connectivity index (χ0) is 14.7. The minimum Gasteiger partial charge on any atom is -0.310 e. The van der Waals surface area contributed by atoms with Gasteiger partial charge in [-0.3, -0.25) is 20.2 Å². The van der Waals surface area contributed by atoms with E-state index in [1.54, 1.807) is 0 Å². The summed E-state index contributed by atoms with van der Waals surface area (Å²) in [5.41, 5.74) is 0.0139. The Morgan fingerprint density at radius 3 is 2.55 bits per heavy atom. The maximum atomic E-state index is 11.0. The Kier molecular flexibility index (Phi) is 4.29. The molecule has 108 valence electrons. The van der Waals surface area contributed by atoms with Gasteiger partial charge in [0.2, 0.25) is 0 Å². The number of non-ortho nitro benzene ring substituents is 1. The number of nitrogens with zero attached hydrogens (tertiary/aromatic N) is 2. The normalized spacial score (nSPS) is 15.8. The Bertz CT molecular complexity index is 528. The van der Waals surface area contributed by atoms with Gasteiger partial charge in [0, 0.05) is 24.2 Å². The molecule has 1 aliphatic rings. The van der Waals surface area contributed by atoms with E-state index in [1.165, 1.54) is 25.0 Å². The van der Waals surface area contributed by atoms with Crippen LogP contribution < -0.4 is 5.32 Å². The third-order valence-corrected chi connectivity index (χ3v) is 3.50. The molecule has 0 amide bonds.